The number of nitrogens with zero attached hydrogens (tertiary/aromatic N) is 3. The average Bonchev–Trinajstić information content (AvgIpc) is 2.92. The van der Waals surface area contributed by atoms with Gasteiger partial charge in [-0.25, -0.2) is 4.79 Å². The largest absolute Gasteiger partial charge is 0.459 e. The van der Waals surface area contributed by atoms with Gasteiger partial charge in [-0.2, -0.15) is 0 Å². The Bertz CT molecular complexity index is 922. The number of carbonyl (C=O) groups is 4. The summed E-state index contributed by atoms with van der Waals surface area (Å²) in [5.74, 6) is -1.58. The molecule has 1 N–H and O–H groups in total. The molecule has 0 aliphatic carbocycles. The normalized spacial score (nSPS) is 27.6. The molecule has 32 heavy (non-hydrogen) atoms. The summed E-state index contributed by atoms with van der Waals surface area (Å²) in [6.07, 6.45) is 0.0863. The molecule has 3 atom stereocenters. The fourth-order valence-corrected chi connectivity index (χ4v) is 8.76. The number of hydrogen-bond donors (Lipinski definition) is 1. The van der Waals surface area contributed by atoms with Crippen molar-refractivity contribution in [3.8, 4) is 0 Å². The van der Waals surface area contributed by atoms with Crippen molar-refractivity contribution >= 4 is 33.1 Å². The van der Waals surface area contributed by atoms with Crippen LogP contribution in [0.5, 0.6) is 0 Å². The second kappa shape index (κ2) is 8.74. The molecule has 2 aliphatic heterocycles. The molecule has 9 nitrogen and oxygen atoms in total. The van der Waals surface area contributed by atoms with Gasteiger partial charge in [0.15, 0.2) is 0 Å². The molecular formula is C22H31N3O6S. The van der Waals surface area contributed by atoms with Crippen LogP contribution in [0.25, 0.3) is 0 Å². The number of aliphatic hydroxyl groups is 1. The lowest BCUT2D eigenvalue weighted by Crippen LogP contribution is -2.57. The van der Waals surface area contributed by atoms with E-state index in [1.165, 1.54) is 21.7 Å². The molecule has 0 aromatic heterocycles. The minimum absolute atomic E-state index is 0.0472. The summed E-state index contributed by atoms with van der Waals surface area (Å²) in [4.78, 5) is 55.6. The Kier molecular flexibility index (Phi) is 6.57. The van der Waals surface area contributed by atoms with E-state index in [-0.39, 0.29) is 36.6 Å². The third-order valence-corrected chi connectivity index (χ3v) is 11.2. The van der Waals surface area contributed by atoms with Gasteiger partial charge in [0.25, 0.3) is 5.24 Å². The maximum absolute atomic E-state index is 13.7. The van der Waals surface area contributed by atoms with Crippen LogP contribution in [0, 0.1) is 0 Å². The number of esters is 1. The van der Waals surface area contributed by atoms with E-state index in [4.69, 9.17) is 4.74 Å². The molecule has 1 aromatic carbocycles. The smallest absolute Gasteiger partial charge is 0.330 e. The van der Waals surface area contributed by atoms with E-state index in [2.05, 4.69) is 0 Å². The van der Waals surface area contributed by atoms with E-state index < -0.39 is 38.1 Å². The van der Waals surface area contributed by atoms with Gasteiger partial charge in [-0.15, -0.1) is 10.0 Å². The minimum atomic E-state index is -2.60. The number of β-lactam (4-membered cyclic amide) rings is 1. The first-order chi connectivity index (χ1) is 15.0. The van der Waals surface area contributed by atoms with Gasteiger partial charge in [-0.1, -0.05) is 30.3 Å². The average molecular weight is 466 g/mol. The van der Waals surface area contributed by atoms with Crippen LogP contribution in [0.4, 0.5) is 4.79 Å². The number of aliphatic hydroxyl groups excluding tert-OH is 1. The van der Waals surface area contributed by atoms with Gasteiger partial charge in [-0.3, -0.25) is 14.4 Å². The van der Waals surface area contributed by atoms with Crippen LogP contribution in [0.2, 0.25) is 0 Å². The van der Waals surface area contributed by atoms with Crippen LogP contribution >= 0.6 is 10.0 Å². The van der Waals surface area contributed by atoms with Crippen LogP contribution in [-0.4, -0.2) is 92.6 Å². The third-order valence-electron chi connectivity index (χ3n) is 6.43. The summed E-state index contributed by atoms with van der Waals surface area (Å²) in [5, 5.41) is 9.59. The maximum Gasteiger partial charge on any atom is 0.330 e. The number of benzene rings is 1. The van der Waals surface area contributed by atoms with Crippen molar-refractivity contribution < 1.29 is 29.0 Å². The van der Waals surface area contributed by atoms with E-state index >= 15 is 0 Å². The highest BCUT2D eigenvalue weighted by atomic mass is 32.3. The van der Waals surface area contributed by atoms with Crippen molar-refractivity contribution in [2.75, 3.05) is 33.6 Å². The molecular weight excluding hydrogens is 434 g/mol. The molecule has 2 saturated heterocycles. The lowest BCUT2D eigenvalue weighted by Gasteiger charge is -2.50. The Morgan fingerprint density at radius 2 is 1.81 bits per heavy atom. The number of likely N-dealkylation sites (N-methyl/N-ethyl adjacent to an activating group) is 2. The highest BCUT2D eigenvalue weighted by Crippen LogP contribution is 2.74. The topological polar surface area (TPSA) is 107 Å². The van der Waals surface area contributed by atoms with Crippen molar-refractivity contribution in [3.63, 3.8) is 0 Å². The highest BCUT2D eigenvalue weighted by molar-refractivity contribution is 8.46. The molecule has 0 radical (unpaired) electrons. The molecule has 2 aliphatic rings. The predicted molar refractivity (Wildman–Crippen MR) is 121 cm³/mol. The first kappa shape index (κ1) is 24.1. The van der Waals surface area contributed by atoms with Crippen LogP contribution in [0.3, 0.4) is 0 Å². The van der Waals surface area contributed by atoms with E-state index in [1.54, 1.807) is 27.9 Å². The maximum atomic E-state index is 13.7. The van der Waals surface area contributed by atoms with Gasteiger partial charge in [-0.05, 0) is 19.4 Å². The zero-order chi connectivity index (χ0) is 23.8. The summed E-state index contributed by atoms with van der Waals surface area (Å²) >= 11 is 0. The number of fused-ring (bicyclic) bond motifs is 1. The first-order valence-corrected chi connectivity index (χ1v) is 12.2. The second-order valence-corrected chi connectivity index (χ2v) is 12.7. The van der Waals surface area contributed by atoms with Gasteiger partial charge in [0.1, 0.15) is 19.2 Å². The molecule has 3 rings (SSSR count). The van der Waals surface area contributed by atoms with Gasteiger partial charge >= 0.3 is 5.97 Å². The van der Waals surface area contributed by atoms with Gasteiger partial charge in [0.05, 0.1) is 17.7 Å². The van der Waals surface area contributed by atoms with E-state index in [1.807, 2.05) is 30.3 Å². The molecule has 0 bridgehead atoms. The van der Waals surface area contributed by atoms with Crippen LogP contribution in [0.15, 0.2) is 30.3 Å². The molecule has 2 fully saturated rings. The minimum Gasteiger partial charge on any atom is -0.459 e. The number of hydrogen-bond acceptors (Lipinski definition) is 6. The van der Waals surface area contributed by atoms with Crippen molar-refractivity contribution in [2.24, 2.45) is 0 Å². The lowest BCUT2D eigenvalue weighted by molar-refractivity contribution is -0.162. The molecule has 0 spiro atoms. The number of amides is 3. The summed E-state index contributed by atoms with van der Waals surface area (Å²) in [7, 11) is 2.10. The molecule has 176 valence electrons. The van der Waals surface area contributed by atoms with E-state index in [9.17, 15) is 24.3 Å². The summed E-state index contributed by atoms with van der Waals surface area (Å²) < 4.78 is 4.49. The number of carbonyl (C=O) groups excluding carboxylic acids is 4. The molecule has 3 amide bonds. The second-order valence-electron chi connectivity index (χ2n) is 8.89. The molecule has 0 saturated carbocycles. The molecule has 10 heteroatoms. The molecule has 1 aromatic rings. The van der Waals surface area contributed by atoms with Crippen molar-refractivity contribution in [1.29, 1.82) is 0 Å². The van der Waals surface area contributed by atoms with Crippen molar-refractivity contribution in [3.05, 3.63) is 35.9 Å². The lowest BCUT2D eigenvalue weighted by atomic mass is 9.98. The Balaban J connectivity index is 1.89. The predicted octanol–water partition coefficient (Wildman–Crippen LogP) is 1.34. The fraction of sp³-hybridized carbons (Fsp3) is 0.545. The first-order valence-electron chi connectivity index (χ1n) is 10.4. The van der Waals surface area contributed by atoms with Gasteiger partial charge in [0.2, 0.25) is 11.8 Å². The quantitative estimate of drug-likeness (QED) is 0.502. The monoisotopic (exact) mass is 465 g/mol. The summed E-state index contributed by atoms with van der Waals surface area (Å²) in [6, 6.07) is 8.20. The standard InChI is InChI=1S/C22H31N3O6S/c1-22(2)19(20(29)31-13-15-9-7-6-8-10-15)25-16(27)11-18(25)32(22,14-26)21(30)24(5)12-17(28)23(3)4/h6-10,18-19,26H,11-14H2,1-5H3/t18-,19+/m1/s1. The SMILES string of the molecule is CN(C)C(=O)CN(C)C(=O)S1(CO)[C@@H]2CC(=O)N2[C@@H](C(=O)OCc2ccccc2)C1(C)C. The summed E-state index contributed by atoms with van der Waals surface area (Å²) in [5.41, 5.74) is 0.807. The third kappa shape index (κ3) is 3.65. The Hall–Kier alpha value is -2.59. The van der Waals surface area contributed by atoms with E-state index in [0.29, 0.717) is 0 Å². The van der Waals surface area contributed by atoms with Crippen LogP contribution < -0.4 is 0 Å². The van der Waals surface area contributed by atoms with Crippen LogP contribution in [0.1, 0.15) is 25.8 Å². The molecule has 1 unspecified atom stereocenters. The van der Waals surface area contributed by atoms with E-state index in [0.717, 1.165) is 5.56 Å². The van der Waals surface area contributed by atoms with Crippen molar-refractivity contribution in [1.82, 2.24) is 14.7 Å². The summed E-state index contributed by atoms with van der Waals surface area (Å²) in [6.45, 7) is 3.36. The van der Waals surface area contributed by atoms with Crippen LogP contribution in [-0.2, 0) is 25.7 Å². The molecule has 2 heterocycles. The van der Waals surface area contributed by atoms with Crippen molar-refractivity contribution in [2.45, 2.75) is 43.0 Å². The Morgan fingerprint density at radius 1 is 1.19 bits per heavy atom. The Morgan fingerprint density at radius 3 is 2.34 bits per heavy atom. The van der Waals surface area contributed by atoms with Gasteiger partial charge < -0.3 is 24.5 Å². The fourth-order valence-electron chi connectivity index (χ4n) is 4.47. The zero-order valence-corrected chi connectivity index (χ0v) is 19.9. The van der Waals surface area contributed by atoms with Gasteiger partial charge in [0, 0.05) is 25.9 Å². The highest BCUT2D eigenvalue weighted by Gasteiger charge is 2.72. The zero-order valence-electron chi connectivity index (χ0n) is 19.1. The number of ether oxygens (including phenoxy) is 1. The Labute approximate surface area is 189 Å². The number of rotatable bonds is 6.